The number of hydrogen-bond acceptors (Lipinski definition) is 3. The van der Waals surface area contributed by atoms with Crippen molar-refractivity contribution in [1.29, 1.82) is 0 Å². The van der Waals surface area contributed by atoms with Crippen molar-refractivity contribution in [3.63, 3.8) is 0 Å². The van der Waals surface area contributed by atoms with Crippen LogP contribution in [0.4, 0.5) is 0 Å². The number of fused-ring (bicyclic) bond motifs is 1. The zero-order chi connectivity index (χ0) is 20.2. The second-order valence-corrected chi connectivity index (χ2v) is 7.05. The predicted molar refractivity (Wildman–Crippen MR) is 118 cm³/mol. The molecule has 0 unspecified atom stereocenters. The van der Waals surface area contributed by atoms with Crippen molar-refractivity contribution in [3.8, 4) is 11.3 Å². The summed E-state index contributed by atoms with van der Waals surface area (Å²) in [7, 11) is 0. The first-order valence-electron chi connectivity index (χ1n) is 9.47. The Morgan fingerprint density at radius 1 is 0.897 bits per heavy atom. The Balaban J connectivity index is 1.68. The highest BCUT2D eigenvalue weighted by atomic mass is 16.2. The maximum absolute atomic E-state index is 12.9. The minimum atomic E-state index is -0.263. The molecule has 0 aliphatic rings. The number of nitrogens with one attached hydrogen (secondary N) is 1. The van der Waals surface area contributed by atoms with Gasteiger partial charge in [0.15, 0.2) is 0 Å². The standard InChI is InChI=1S/C25H21N3O/c1-17-10-12-19(13-11-17)16-26-28-25(29)22-15-24(20-7-5-6-18(2)14-20)27-23-9-4-3-8-21(22)23/h3-16H,1-2H3,(H,28,29)/b26-16-. The average molecular weight is 379 g/mol. The van der Waals surface area contributed by atoms with E-state index in [2.05, 4.69) is 16.6 Å². The molecule has 0 fully saturated rings. The van der Waals surface area contributed by atoms with Crippen LogP contribution in [0.1, 0.15) is 27.0 Å². The Morgan fingerprint density at radius 3 is 2.48 bits per heavy atom. The van der Waals surface area contributed by atoms with Crippen LogP contribution in [-0.2, 0) is 0 Å². The topological polar surface area (TPSA) is 54.4 Å². The zero-order valence-electron chi connectivity index (χ0n) is 16.4. The molecular formula is C25H21N3O. The van der Waals surface area contributed by atoms with Crippen LogP contribution in [0.3, 0.4) is 0 Å². The number of rotatable bonds is 4. The maximum atomic E-state index is 12.9. The summed E-state index contributed by atoms with van der Waals surface area (Å²) >= 11 is 0. The number of para-hydroxylation sites is 1. The number of hydrazone groups is 1. The van der Waals surface area contributed by atoms with E-state index in [9.17, 15) is 4.79 Å². The summed E-state index contributed by atoms with van der Waals surface area (Å²) in [5.74, 6) is -0.263. The lowest BCUT2D eigenvalue weighted by atomic mass is 10.0. The van der Waals surface area contributed by atoms with Gasteiger partial charge in [-0.3, -0.25) is 4.79 Å². The van der Waals surface area contributed by atoms with Crippen LogP contribution in [0.25, 0.3) is 22.2 Å². The number of aryl methyl sites for hydroxylation is 2. The molecule has 0 aliphatic carbocycles. The van der Waals surface area contributed by atoms with E-state index in [1.165, 1.54) is 5.56 Å². The lowest BCUT2D eigenvalue weighted by Gasteiger charge is -2.09. The number of carbonyl (C=O) groups excluding carboxylic acids is 1. The number of aromatic nitrogens is 1. The molecule has 0 saturated heterocycles. The van der Waals surface area contributed by atoms with Crippen molar-refractivity contribution in [2.75, 3.05) is 0 Å². The average Bonchev–Trinajstić information content (AvgIpc) is 2.74. The minimum Gasteiger partial charge on any atom is -0.267 e. The Hall–Kier alpha value is -3.79. The van der Waals surface area contributed by atoms with Crippen molar-refractivity contribution < 1.29 is 4.79 Å². The number of carbonyl (C=O) groups is 1. The second-order valence-electron chi connectivity index (χ2n) is 7.05. The molecule has 0 radical (unpaired) electrons. The zero-order valence-corrected chi connectivity index (χ0v) is 16.4. The predicted octanol–water partition coefficient (Wildman–Crippen LogP) is 5.28. The van der Waals surface area contributed by atoms with Crippen LogP contribution in [0.2, 0.25) is 0 Å². The van der Waals surface area contributed by atoms with E-state index in [0.717, 1.165) is 33.3 Å². The highest BCUT2D eigenvalue weighted by Crippen LogP contribution is 2.25. The highest BCUT2D eigenvalue weighted by Gasteiger charge is 2.13. The van der Waals surface area contributed by atoms with Crippen LogP contribution in [-0.4, -0.2) is 17.1 Å². The third-order valence-corrected chi connectivity index (χ3v) is 4.73. The van der Waals surface area contributed by atoms with Gasteiger partial charge < -0.3 is 0 Å². The summed E-state index contributed by atoms with van der Waals surface area (Å²) in [6.07, 6.45) is 1.64. The lowest BCUT2D eigenvalue weighted by molar-refractivity contribution is 0.0956. The Morgan fingerprint density at radius 2 is 1.69 bits per heavy atom. The molecule has 0 spiro atoms. The molecule has 1 amide bonds. The SMILES string of the molecule is Cc1ccc(/C=N\NC(=O)c2cc(-c3cccc(C)c3)nc3ccccc23)cc1. The summed E-state index contributed by atoms with van der Waals surface area (Å²) in [5, 5.41) is 4.92. The lowest BCUT2D eigenvalue weighted by Crippen LogP contribution is -2.18. The van der Waals surface area contributed by atoms with Gasteiger partial charge >= 0.3 is 0 Å². The van der Waals surface area contributed by atoms with Crippen LogP contribution in [0, 0.1) is 13.8 Å². The number of benzene rings is 3. The third-order valence-electron chi connectivity index (χ3n) is 4.73. The van der Waals surface area contributed by atoms with Crippen molar-refractivity contribution in [2.24, 2.45) is 5.10 Å². The summed E-state index contributed by atoms with van der Waals surface area (Å²) in [6.45, 7) is 4.07. The van der Waals surface area contributed by atoms with Gasteiger partial charge in [0, 0.05) is 10.9 Å². The molecule has 142 valence electrons. The number of amides is 1. The van der Waals surface area contributed by atoms with E-state index in [1.54, 1.807) is 6.21 Å². The Kier molecular flexibility index (Phi) is 5.16. The van der Waals surface area contributed by atoms with Gasteiger partial charge in [0.2, 0.25) is 0 Å². The van der Waals surface area contributed by atoms with E-state index in [1.807, 2.05) is 86.6 Å². The van der Waals surface area contributed by atoms with E-state index < -0.39 is 0 Å². The highest BCUT2D eigenvalue weighted by molar-refractivity contribution is 6.07. The van der Waals surface area contributed by atoms with Gasteiger partial charge in [-0.05, 0) is 37.6 Å². The van der Waals surface area contributed by atoms with Gasteiger partial charge in [-0.2, -0.15) is 5.10 Å². The van der Waals surface area contributed by atoms with Crippen molar-refractivity contribution >= 4 is 23.0 Å². The first-order valence-corrected chi connectivity index (χ1v) is 9.47. The first-order chi connectivity index (χ1) is 14.1. The third kappa shape index (κ3) is 4.22. The smallest absolute Gasteiger partial charge is 0.267 e. The van der Waals surface area contributed by atoms with Gasteiger partial charge in [-0.25, -0.2) is 10.4 Å². The largest absolute Gasteiger partial charge is 0.272 e. The van der Waals surface area contributed by atoms with E-state index in [0.29, 0.717) is 5.56 Å². The van der Waals surface area contributed by atoms with Crippen LogP contribution >= 0.6 is 0 Å². The molecular weight excluding hydrogens is 358 g/mol. The molecule has 0 bridgehead atoms. The summed E-state index contributed by atoms with van der Waals surface area (Å²) in [5.41, 5.74) is 8.97. The fourth-order valence-corrected chi connectivity index (χ4v) is 3.19. The number of hydrogen-bond donors (Lipinski definition) is 1. The summed E-state index contributed by atoms with van der Waals surface area (Å²) in [4.78, 5) is 17.6. The van der Waals surface area contributed by atoms with Gasteiger partial charge in [0.05, 0.1) is 23.0 Å². The Bertz CT molecular complexity index is 1210. The molecule has 0 aliphatic heterocycles. The van der Waals surface area contributed by atoms with E-state index in [-0.39, 0.29) is 5.91 Å². The van der Waals surface area contributed by atoms with Crippen LogP contribution in [0.15, 0.2) is 84.0 Å². The molecule has 1 aromatic heterocycles. The normalized spacial score (nSPS) is 11.1. The van der Waals surface area contributed by atoms with Crippen LogP contribution in [0.5, 0.6) is 0 Å². The van der Waals surface area contributed by atoms with Crippen molar-refractivity contribution in [1.82, 2.24) is 10.4 Å². The van der Waals surface area contributed by atoms with Gasteiger partial charge in [0.1, 0.15) is 0 Å². The molecule has 0 saturated carbocycles. The van der Waals surface area contributed by atoms with Gasteiger partial charge in [-0.15, -0.1) is 0 Å². The Labute approximate surface area is 169 Å². The molecule has 4 rings (SSSR count). The minimum absolute atomic E-state index is 0.263. The van der Waals surface area contributed by atoms with Gasteiger partial charge in [-0.1, -0.05) is 71.8 Å². The van der Waals surface area contributed by atoms with E-state index >= 15 is 0 Å². The first kappa shape index (κ1) is 18.6. The fraction of sp³-hybridized carbons (Fsp3) is 0.0800. The molecule has 4 heteroatoms. The molecule has 4 nitrogen and oxygen atoms in total. The van der Waals surface area contributed by atoms with Crippen LogP contribution < -0.4 is 5.43 Å². The van der Waals surface area contributed by atoms with Gasteiger partial charge in [0.25, 0.3) is 5.91 Å². The second kappa shape index (κ2) is 8.07. The molecule has 3 aromatic carbocycles. The molecule has 1 N–H and O–H groups in total. The quantitative estimate of drug-likeness (QED) is 0.387. The fourth-order valence-electron chi connectivity index (χ4n) is 3.19. The molecule has 0 atom stereocenters. The summed E-state index contributed by atoms with van der Waals surface area (Å²) < 4.78 is 0. The summed E-state index contributed by atoms with van der Waals surface area (Å²) in [6, 6.07) is 25.5. The molecule has 4 aromatic rings. The maximum Gasteiger partial charge on any atom is 0.272 e. The number of pyridine rings is 1. The van der Waals surface area contributed by atoms with Crippen molar-refractivity contribution in [3.05, 3.63) is 101 Å². The van der Waals surface area contributed by atoms with E-state index in [4.69, 9.17) is 4.98 Å². The molecule has 1 heterocycles. The van der Waals surface area contributed by atoms with Crippen molar-refractivity contribution in [2.45, 2.75) is 13.8 Å². The monoisotopic (exact) mass is 379 g/mol. The number of nitrogens with zero attached hydrogens (tertiary/aromatic N) is 2. The molecule has 29 heavy (non-hydrogen) atoms.